The SMILES string of the molecule is c1ccc2c(c1)-c1ccccc1-c1ccc(-c3c4ccccc4c(-c4ccc(-n5c6ccccc6c6ccc7ccccc7c65)cc4)c4ccccc34)cc1-c1ccccc1-2. The number of aromatic nitrogens is 1. The number of fused-ring (bicyclic) bond motifs is 15. The zero-order valence-electron chi connectivity index (χ0n) is 33.3. The minimum absolute atomic E-state index is 1.15. The van der Waals surface area contributed by atoms with Crippen molar-refractivity contribution in [3.05, 3.63) is 224 Å². The normalized spacial score (nSPS) is 11.9. The van der Waals surface area contributed by atoms with Gasteiger partial charge in [-0.05, 0) is 118 Å². The van der Waals surface area contributed by atoms with E-state index in [0.717, 1.165) is 5.69 Å². The fraction of sp³-hybridized carbons (Fsp3) is 0. The Bertz CT molecular complexity index is 3690. The Morgan fingerprint density at radius 3 is 1.21 bits per heavy atom. The Hall–Kier alpha value is -8.00. The van der Waals surface area contributed by atoms with E-state index < -0.39 is 0 Å². The van der Waals surface area contributed by atoms with Crippen LogP contribution in [0.1, 0.15) is 0 Å². The van der Waals surface area contributed by atoms with Crippen molar-refractivity contribution in [1.29, 1.82) is 0 Å². The maximum absolute atomic E-state index is 2.46. The first-order chi connectivity index (χ1) is 30.3. The lowest BCUT2D eigenvalue weighted by Crippen LogP contribution is -1.98. The molecule has 0 saturated heterocycles. The van der Waals surface area contributed by atoms with Gasteiger partial charge in [0.15, 0.2) is 0 Å². The standard InChI is InChI=1S/C60H37N/c1-2-16-42-38(15-1)31-36-55-50-23-13-14-28-57(50)61(60(42)55)41-33-29-39(30-34-41)58-51-24-9-11-26-53(51)59(54-27-12-10-25-52(54)58)40-32-35-49-47-21-6-5-19-45(47)43-17-3-4-18-44(43)46-20-7-8-22-48(46)56(49)37-40/h1-37H. The quantitative estimate of drug-likeness (QED) is 0.158. The molecule has 0 amide bonds. The molecule has 1 heteroatoms. The summed E-state index contributed by atoms with van der Waals surface area (Å²) in [5, 5.41) is 10.0. The predicted molar refractivity (Wildman–Crippen MR) is 259 cm³/mol. The number of nitrogens with zero attached hydrogens (tertiary/aromatic N) is 1. The third-order valence-electron chi connectivity index (χ3n) is 13.2. The van der Waals surface area contributed by atoms with Crippen LogP contribution < -0.4 is 0 Å². The van der Waals surface area contributed by atoms with E-state index in [2.05, 4.69) is 229 Å². The van der Waals surface area contributed by atoms with E-state index in [9.17, 15) is 0 Å². The Morgan fingerprint density at radius 1 is 0.246 bits per heavy atom. The second-order valence-corrected chi connectivity index (χ2v) is 16.3. The number of hydrogen-bond acceptors (Lipinski definition) is 0. The largest absolute Gasteiger partial charge is 0.309 e. The molecule has 1 heterocycles. The highest BCUT2D eigenvalue weighted by Gasteiger charge is 2.24. The molecule has 12 aromatic rings. The second-order valence-electron chi connectivity index (χ2n) is 16.3. The molecule has 1 aromatic heterocycles. The summed E-state index contributed by atoms with van der Waals surface area (Å²) in [6.45, 7) is 0. The van der Waals surface area contributed by atoms with Gasteiger partial charge in [0, 0.05) is 21.8 Å². The Kier molecular flexibility index (Phi) is 7.37. The summed E-state index contributed by atoms with van der Waals surface area (Å²) in [5.74, 6) is 0. The molecular formula is C60H37N. The fourth-order valence-corrected chi connectivity index (χ4v) is 10.5. The van der Waals surface area contributed by atoms with Crippen LogP contribution in [0.2, 0.25) is 0 Å². The lowest BCUT2D eigenvalue weighted by atomic mass is 9.79. The topological polar surface area (TPSA) is 4.93 Å². The van der Waals surface area contributed by atoms with E-state index >= 15 is 0 Å². The minimum atomic E-state index is 1.15. The van der Waals surface area contributed by atoms with Gasteiger partial charge in [-0.3, -0.25) is 0 Å². The third kappa shape index (κ3) is 5.02. The van der Waals surface area contributed by atoms with Crippen LogP contribution in [0.15, 0.2) is 224 Å². The molecule has 11 aromatic carbocycles. The second kappa shape index (κ2) is 13.3. The molecule has 0 unspecified atom stereocenters. The van der Waals surface area contributed by atoms with Crippen LogP contribution in [-0.4, -0.2) is 4.57 Å². The van der Waals surface area contributed by atoms with Crippen molar-refractivity contribution in [1.82, 2.24) is 4.57 Å². The van der Waals surface area contributed by atoms with Gasteiger partial charge in [-0.2, -0.15) is 0 Å². The maximum Gasteiger partial charge on any atom is 0.0619 e. The van der Waals surface area contributed by atoms with Crippen LogP contribution in [0.25, 0.3) is 127 Å². The van der Waals surface area contributed by atoms with Gasteiger partial charge < -0.3 is 4.57 Å². The molecule has 13 rings (SSSR count). The van der Waals surface area contributed by atoms with Gasteiger partial charge in [-0.15, -0.1) is 0 Å². The van der Waals surface area contributed by atoms with Gasteiger partial charge in [0.25, 0.3) is 0 Å². The molecule has 0 atom stereocenters. The third-order valence-corrected chi connectivity index (χ3v) is 13.2. The van der Waals surface area contributed by atoms with Gasteiger partial charge in [-0.25, -0.2) is 0 Å². The zero-order chi connectivity index (χ0) is 40.0. The number of benzene rings is 11. The molecule has 0 radical (unpaired) electrons. The highest BCUT2D eigenvalue weighted by atomic mass is 15.0. The molecule has 0 spiro atoms. The predicted octanol–water partition coefficient (Wildman–Crippen LogP) is 16.6. The number of rotatable bonds is 3. The van der Waals surface area contributed by atoms with Gasteiger partial charge in [0.1, 0.15) is 0 Å². The fourth-order valence-electron chi connectivity index (χ4n) is 10.5. The van der Waals surface area contributed by atoms with Crippen LogP contribution >= 0.6 is 0 Å². The maximum atomic E-state index is 2.46. The van der Waals surface area contributed by atoms with Gasteiger partial charge >= 0.3 is 0 Å². The van der Waals surface area contributed by atoms with Crippen molar-refractivity contribution in [2.45, 2.75) is 0 Å². The molecule has 1 nitrogen and oxygen atoms in total. The van der Waals surface area contributed by atoms with E-state index in [4.69, 9.17) is 0 Å². The molecule has 0 aliphatic heterocycles. The molecular weight excluding hydrogens is 735 g/mol. The molecule has 0 bridgehead atoms. The Morgan fingerprint density at radius 2 is 0.656 bits per heavy atom. The monoisotopic (exact) mass is 771 g/mol. The minimum Gasteiger partial charge on any atom is -0.309 e. The lowest BCUT2D eigenvalue weighted by molar-refractivity contribution is 1.19. The summed E-state index contributed by atoms with van der Waals surface area (Å²) >= 11 is 0. The van der Waals surface area contributed by atoms with Crippen LogP contribution in [-0.2, 0) is 0 Å². The van der Waals surface area contributed by atoms with Gasteiger partial charge in [-0.1, -0.05) is 200 Å². The molecule has 0 fully saturated rings. The van der Waals surface area contributed by atoms with Crippen LogP contribution in [0.5, 0.6) is 0 Å². The molecule has 0 saturated carbocycles. The zero-order valence-corrected chi connectivity index (χ0v) is 33.3. The molecule has 1 aliphatic carbocycles. The molecule has 0 N–H and O–H groups in total. The lowest BCUT2D eigenvalue weighted by Gasteiger charge is -2.24. The summed E-state index contributed by atoms with van der Waals surface area (Å²) in [6.07, 6.45) is 0. The van der Waals surface area contributed by atoms with E-state index in [-0.39, 0.29) is 0 Å². The Balaban J connectivity index is 1.02. The van der Waals surface area contributed by atoms with Crippen molar-refractivity contribution in [2.75, 3.05) is 0 Å². The summed E-state index contributed by atoms with van der Waals surface area (Å²) in [5.41, 5.74) is 18.6. The number of hydrogen-bond donors (Lipinski definition) is 0. The average Bonchev–Trinajstić information content (AvgIpc) is 3.68. The summed E-state index contributed by atoms with van der Waals surface area (Å²) < 4.78 is 2.45. The highest BCUT2D eigenvalue weighted by molar-refractivity contribution is 6.22. The summed E-state index contributed by atoms with van der Waals surface area (Å²) in [7, 11) is 0. The van der Waals surface area contributed by atoms with Crippen LogP contribution in [0.4, 0.5) is 0 Å². The van der Waals surface area contributed by atoms with Crippen LogP contribution in [0.3, 0.4) is 0 Å². The van der Waals surface area contributed by atoms with Crippen molar-refractivity contribution >= 4 is 54.1 Å². The smallest absolute Gasteiger partial charge is 0.0619 e. The van der Waals surface area contributed by atoms with Crippen molar-refractivity contribution in [2.24, 2.45) is 0 Å². The Labute approximate surface area is 354 Å². The van der Waals surface area contributed by atoms with Crippen LogP contribution in [0, 0.1) is 0 Å². The average molecular weight is 772 g/mol. The van der Waals surface area contributed by atoms with E-state index in [1.54, 1.807) is 0 Å². The number of para-hydroxylation sites is 1. The van der Waals surface area contributed by atoms with Gasteiger partial charge in [0.2, 0.25) is 0 Å². The van der Waals surface area contributed by atoms with Crippen molar-refractivity contribution < 1.29 is 0 Å². The highest BCUT2D eigenvalue weighted by Crippen LogP contribution is 2.50. The van der Waals surface area contributed by atoms with E-state index in [1.165, 1.54) is 121 Å². The van der Waals surface area contributed by atoms with Crippen molar-refractivity contribution in [3.63, 3.8) is 0 Å². The summed E-state index contributed by atoms with van der Waals surface area (Å²) in [4.78, 5) is 0. The first kappa shape index (κ1) is 33.9. The van der Waals surface area contributed by atoms with Gasteiger partial charge in [0.05, 0.1) is 11.0 Å². The van der Waals surface area contributed by atoms with E-state index in [1.807, 2.05) is 0 Å². The summed E-state index contributed by atoms with van der Waals surface area (Å²) in [6, 6.07) is 83.2. The van der Waals surface area contributed by atoms with E-state index in [0.29, 0.717) is 0 Å². The molecule has 282 valence electrons. The first-order valence-electron chi connectivity index (χ1n) is 21.2. The molecule has 1 aliphatic rings. The first-order valence-corrected chi connectivity index (χ1v) is 21.2. The van der Waals surface area contributed by atoms with Crippen molar-refractivity contribution in [3.8, 4) is 72.4 Å². The molecule has 61 heavy (non-hydrogen) atoms.